The van der Waals surface area contributed by atoms with E-state index in [1.54, 1.807) is 4.90 Å². The number of fused-ring (bicyclic) bond motifs is 4. The molecule has 142 valence electrons. The molecular formula is C21H30N2O3. The van der Waals surface area contributed by atoms with Crippen LogP contribution >= 0.6 is 0 Å². The lowest BCUT2D eigenvalue weighted by molar-refractivity contribution is 0.0415. The molecule has 1 aliphatic heterocycles. The molecule has 5 heteroatoms. The average Bonchev–Trinajstić information content (AvgIpc) is 2.66. The van der Waals surface area contributed by atoms with Crippen LogP contribution in [0.25, 0.3) is 0 Å². The highest BCUT2D eigenvalue weighted by molar-refractivity contribution is 5.71. The molecule has 1 saturated carbocycles. The largest absolute Gasteiger partial charge is 0.415 e. The summed E-state index contributed by atoms with van der Waals surface area (Å²) in [5.74, 6) is 1.20. The highest BCUT2D eigenvalue weighted by Gasteiger charge is 2.43. The summed E-state index contributed by atoms with van der Waals surface area (Å²) in [5, 5.41) is 0. The molecule has 2 N–H and O–H groups in total. The Labute approximate surface area is 155 Å². The van der Waals surface area contributed by atoms with Gasteiger partial charge in [0.15, 0.2) is 0 Å². The third-order valence-electron chi connectivity index (χ3n) is 6.67. The van der Waals surface area contributed by atoms with E-state index in [0.29, 0.717) is 38.0 Å². The Morgan fingerprint density at radius 3 is 2.88 bits per heavy atom. The molecule has 1 saturated heterocycles. The second-order valence-corrected chi connectivity index (χ2v) is 8.29. The summed E-state index contributed by atoms with van der Waals surface area (Å²) in [6.45, 7) is 4.64. The molecule has 3 atom stereocenters. The van der Waals surface area contributed by atoms with Gasteiger partial charge in [-0.1, -0.05) is 32.3 Å². The number of hydrogen-bond acceptors (Lipinski definition) is 4. The number of carbonyl (C=O) groups is 1. The van der Waals surface area contributed by atoms with Gasteiger partial charge in [-0.25, -0.2) is 4.79 Å². The van der Waals surface area contributed by atoms with Crippen LogP contribution in [0.4, 0.5) is 4.79 Å². The van der Waals surface area contributed by atoms with Crippen LogP contribution in [-0.2, 0) is 16.6 Å². The third-order valence-corrected chi connectivity index (χ3v) is 6.67. The Bertz CT molecular complexity index is 671. The summed E-state index contributed by atoms with van der Waals surface area (Å²) < 4.78 is 11.0. The number of nitrogens with two attached hydrogens (primary N) is 1. The van der Waals surface area contributed by atoms with Gasteiger partial charge in [-0.15, -0.1) is 0 Å². The normalized spacial score (nSPS) is 31.5. The van der Waals surface area contributed by atoms with Gasteiger partial charge >= 0.3 is 6.09 Å². The van der Waals surface area contributed by atoms with Crippen molar-refractivity contribution < 1.29 is 14.3 Å². The number of benzene rings is 1. The first-order valence-corrected chi connectivity index (χ1v) is 10.0. The quantitative estimate of drug-likeness (QED) is 0.837. The lowest BCUT2D eigenvalue weighted by atomic mass is 9.60. The van der Waals surface area contributed by atoms with E-state index < -0.39 is 0 Å². The van der Waals surface area contributed by atoms with Crippen molar-refractivity contribution in [1.82, 2.24) is 4.90 Å². The predicted octanol–water partition coefficient (Wildman–Crippen LogP) is 3.24. The zero-order valence-corrected chi connectivity index (χ0v) is 15.7. The second-order valence-electron chi connectivity index (χ2n) is 8.29. The van der Waals surface area contributed by atoms with Crippen LogP contribution in [0.3, 0.4) is 0 Å². The van der Waals surface area contributed by atoms with Crippen LogP contribution in [0.1, 0.15) is 50.2 Å². The van der Waals surface area contributed by atoms with Gasteiger partial charge in [0.05, 0.1) is 13.2 Å². The average molecular weight is 358 g/mol. The summed E-state index contributed by atoms with van der Waals surface area (Å²) in [6.07, 6.45) is 6.90. The first-order chi connectivity index (χ1) is 12.6. The van der Waals surface area contributed by atoms with Crippen molar-refractivity contribution in [3.8, 4) is 5.75 Å². The smallest absolute Gasteiger partial charge is 0.410 e. The number of morpholine rings is 1. The molecule has 2 fully saturated rings. The summed E-state index contributed by atoms with van der Waals surface area (Å²) in [5.41, 5.74) is 9.38. The summed E-state index contributed by atoms with van der Waals surface area (Å²) in [4.78, 5) is 14.1. The molecule has 3 aliphatic rings. The van der Waals surface area contributed by atoms with E-state index in [-0.39, 0.29) is 17.6 Å². The fourth-order valence-corrected chi connectivity index (χ4v) is 5.01. The topological polar surface area (TPSA) is 64.8 Å². The van der Waals surface area contributed by atoms with Crippen molar-refractivity contribution in [2.24, 2.45) is 11.7 Å². The first-order valence-electron chi connectivity index (χ1n) is 10.0. The molecule has 1 aromatic carbocycles. The summed E-state index contributed by atoms with van der Waals surface area (Å²) in [7, 11) is 0. The zero-order chi connectivity index (χ0) is 18.1. The van der Waals surface area contributed by atoms with Crippen molar-refractivity contribution in [2.45, 2.75) is 56.9 Å². The molecule has 26 heavy (non-hydrogen) atoms. The molecule has 0 unspecified atom stereocenters. The maximum atomic E-state index is 12.4. The highest BCUT2D eigenvalue weighted by Crippen LogP contribution is 2.46. The van der Waals surface area contributed by atoms with Crippen LogP contribution in [0.15, 0.2) is 18.2 Å². The molecule has 0 aromatic heterocycles. The van der Waals surface area contributed by atoms with Crippen LogP contribution in [0.2, 0.25) is 0 Å². The zero-order valence-electron chi connectivity index (χ0n) is 15.7. The van der Waals surface area contributed by atoms with Gasteiger partial charge in [0.1, 0.15) is 5.75 Å². The molecule has 0 spiro atoms. The van der Waals surface area contributed by atoms with Crippen molar-refractivity contribution in [3.05, 3.63) is 29.3 Å². The maximum absolute atomic E-state index is 12.4. The molecule has 1 aromatic rings. The minimum atomic E-state index is -0.283. The number of hydrogen-bond donors (Lipinski definition) is 1. The van der Waals surface area contributed by atoms with E-state index in [0.717, 1.165) is 12.8 Å². The molecule has 1 amide bonds. The molecule has 2 aliphatic carbocycles. The van der Waals surface area contributed by atoms with Crippen LogP contribution < -0.4 is 10.5 Å². The van der Waals surface area contributed by atoms with Crippen LogP contribution in [0.5, 0.6) is 5.75 Å². The van der Waals surface area contributed by atoms with E-state index >= 15 is 0 Å². The Balaban J connectivity index is 1.59. The molecule has 1 heterocycles. The molecule has 4 rings (SSSR count). The minimum absolute atomic E-state index is 0.0277. The first kappa shape index (κ1) is 17.8. The second kappa shape index (κ2) is 7.20. The van der Waals surface area contributed by atoms with Crippen molar-refractivity contribution in [3.63, 3.8) is 0 Å². The Morgan fingerprint density at radius 2 is 2.08 bits per heavy atom. The van der Waals surface area contributed by atoms with Gasteiger partial charge in [0.2, 0.25) is 0 Å². The van der Waals surface area contributed by atoms with E-state index in [9.17, 15) is 4.79 Å². The van der Waals surface area contributed by atoms with Gasteiger partial charge in [0, 0.05) is 24.5 Å². The number of rotatable bonds is 1. The SMILES string of the molecule is C[C@@]12CCCCC[C@@H](Cc3ccc(OC(=O)N4CCOCC4)cc31)[C@@H]2N. The predicted molar refractivity (Wildman–Crippen MR) is 100 cm³/mol. The Hall–Kier alpha value is -1.59. The monoisotopic (exact) mass is 358 g/mol. The number of carbonyl (C=O) groups excluding carboxylic acids is 1. The van der Waals surface area contributed by atoms with Crippen molar-refractivity contribution in [1.29, 1.82) is 0 Å². The van der Waals surface area contributed by atoms with E-state index in [4.69, 9.17) is 15.2 Å². The van der Waals surface area contributed by atoms with Gasteiger partial charge in [-0.3, -0.25) is 0 Å². The van der Waals surface area contributed by atoms with Gasteiger partial charge in [0.25, 0.3) is 0 Å². The lowest BCUT2D eigenvalue weighted by Gasteiger charge is -2.47. The molecule has 5 nitrogen and oxygen atoms in total. The van der Waals surface area contributed by atoms with Gasteiger partial charge in [-0.05, 0) is 48.4 Å². The van der Waals surface area contributed by atoms with Crippen molar-refractivity contribution >= 4 is 6.09 Å². The molecular weight excluding hydrogens is 328 g/mol. The summed E-state index contributed by atoms with van der Waals surface area (Å²) in [6, 6.07) is 6.35. The lowest BCUT2D eigenvalue weighted by Crippen LogP contribution is -2.52. The molecule has 2 bridgehead atoms. The van der Waals surface area contributed by atoms with E-state index in [1.807, 2.05) is 6.07 Å². The number of ether oxygens (including phenoxy) is 2. The summed E-state index contributed by atoms with van der Waals surface area (Å²) >= 11 is 0. The fraction of sp³-hybridized carbons (Fsp3) is 0.667. The number of amides is 1. The fourth-order valence-electron chi connectivity index (χ4n) is 5.01. The number of nitrogens with zero attached hydrogens (tertiary/aromatic N) is 1. The van der Waals surface area contributed by atoms with E-state index in [2.05, 4.69) is 19.1 Å². The minimum Gasteiger partial charge on any atom is -0.410 e. The third kappa shape index (κ3) is 3.23. The molecule has 0 radical (unpaired) electrons. The van der Waals surface area contributed by atoms with Crippen LogP contribution in [0, 0.1) is 5.92 Å². The van der Waals surface area contributed by atoms with E-state index in [1.165, 1.54) is 36.8 Å². The van der Waals surface area contributed by atoms with Crippen molar-refractivity contribution in [2.75, 3.05) is 26.3 Å². The Morgan fingerprint density at radius 1 is 1.27 bits per heavy atom. The van der Waals surface area contributed by atoms with Crippen LogP contribution in [-0.4, -0.2) is 43.3 Å². The highest BCUT2D eigenvalue weighted by atomic mass is 16.6. The standard InChI is InChI=1S/C21H30N2O3/c1-21-8-4-2-3-5-16(19(21)22)13-15-6-7-17(14-18(15)21)26-20(24)23-9-11-25-12-10-23/h6-7,14,16,19H,2-5,8-13,22H2,1H3/t16-,19-,21+/m0/s1. The maximum Gasteiger partial charge on any atom is 0.415 e. The Kier molecular flexibility index (Phi) is 4.93. The van der Waals surface area contributed by atoms with Gasteiger partial charge in [-0.2, -0.15) is 0 Å². The van der Waals surface area contributed by atoms with Gasteiger partial charge < -0.3 is 20.1 Å².